The number of rotatable bonds is 3. The van der Waals surface area contributed by atoms with Crippen LogP contribution in [0.15, 0.2) is 0 Å². The van der Waals surface area contributed by atoms with Gasteiger partial charge in [-0.2, -0.15) is 0 Å². The van der Waals surface area contributed by atoms with Gasteiger partial charge in [0.25, 0.3) is 0 Å². The smallest absolute Gasteiger partial charge is 0.0150 e. The third-order valence-corrected chi connectivity index (χ3v) is 4.79. The monoisotopic (exact) mass is 183 g/mol. The average molecular weight is 183 g/mol. The molecule has 1 fully saturated rings. The largest absolute Gasteiger partial charge is 0.327 e. The third kappa shape index (κ3) is 1.41. The van der Waals surface area contributed by atoms with Gasteiger partial charge in [-0.05, 0) is 29.6 Å². The van der Waals surface area contributed by atoms with E-state index in [9.17, 15) is 0 Å². The van der Waals surface area contributed by atoms with Crippen LogP contribution in [0.2, 0.25) is 0 Å². The average Bonchev–Trinajstić information content (AvgIpc) is 2.15. The topological polar surface area (TPSA) is 26.0 Å². The molecule has 1 rings (SSSR count). The van der Waals surface area contributed by atoms with E-state index in [2.05, 4.69) is 34.6 Å². The van der Waals surface area contributed by atoms with Crippen LogP contribution in [0.1, 0.15) is 53.9 Å². The maximum atomic E-state index is 6.32. The zero-order chi connectivity index (χ0) is 10.3. The Balaban J connectivity index is 2.69. The summed E-state index contributed by atoms with van der Waals surface area (Å²) in [4.78, 5) is 0. The summed E-state index contributed by atoms with van der Waals surface area (Å²) in [6.07, 6.45) is 3.79. The molecule has 0 aromatic carbocycles. The minimum absolute atomic E-state index is 0.402. The van der Waals surface area contributed by atoms with E-state index in [1.54, 1.807) is 0 Å². The van der Waals surface area contributed by atoms with Crippen LogP contribution >= 0.6 is 0 Å². The molecule has 1 heteroatoms. The van der Waals surface area contributed by atoms with Gasteiger partial charge in [-0.1, -0.05) is 41.0 Å². The van der Waals surface area contributed by atoms with Crippen LogP contribution in [0.4, 0.5) is 0 Å². The van der Waals surface area contributed by atoms with Crippen molar-refractivity contribution < 1.29 is 0 Å². The molecule has 2 N–H and O–H groups in total. The van der Waals surface area contributed by atoms with Crippen molar-refractivity contribution in [1.82, 2.24) is 0 Å². The molecular weight excluding hydrogens is 158 g/mol. The molecule has 1 nitrogen and oxygen atoms in total. The first-order valence-electron chi connectivity index (χ1n) is 5.66. The third-order valence-electron chi connectivity index (χ3n) is 4.79. The molecule has 1 aliphatic rings. The van der Waals surface area contributed by atoms with Crippen molar-refractivity contribution in [3.63, 3.8) is 0 Å². The molecule has 1 saturated carbocycles. The summed E-state index contributed by atoms with van der Waals surface area (Å²) in [5, 5.41) is 0. The van der Waals surface area contributed by atoms with Crippen LogP contribution in [0.5, 0.6) is 0 Å². The van der Waals surface area contributed by atoms with E-state index in [0.29, 0.717) is 16.9 Å². The normalized spacial score (nSPS) is 47.1. The summed E-state index contributed by atoms with van der Waals surface area (Å²) in [6.45, 7) is 11.6. The van der Waals surface area contributed by atoms with Crippen molar-refractivity contribution in [2.24, 2.45) is 22.5 Å². The van der Waals surface area contributed by atoms with E-state index in [1.165, 1.54) is 19.3 Å². The van der Waals surface area contributed by atoms with Gasteiger partial charge in [-0.15, -0.1) is 0 Å². The molecule has 0 amide bonds. The highest BCUT2D eigenvalue weighted by atomic mass is 14.8. The molecule has 0 spiro atoms. The minimum atomic E-state index is 0.402. The number of hydrogen-bond donors (Lipinski definition) is 1. The van der Waals surface area contributed by atoms with Crippen LogP contribution in [0.25, 0.3) is 0 Å². The van der Waals surface area contributed by atoms with Gasteiger partial charge in [0, 0.05) is 6.04 Å². The van der Waals surface area contributed by atoms with Crippen molar-refractivity contribution >= 4 is 0 Å². The first-order chi connectivity index (χ1) is 5.90. The Morgan fingerprint density at radius 2 is 1.92 bits per heavy atom. The molecule has 0 bridgehead atoms. The fourth-order valence-electron chi connectivity index (χ4n) is 3.05. The summed E-state index contributed by atoms with van der Waals surface area (Å²) in [5.41, 5.74) is 7.14. The van der Waals surface area contributed by atoms with Crippen molar-refractivity contribution in [1.29, 1.82) is 0 Å². The lowest BCUT2D eigenvalue weighted by molar-refractivity contribution is -0.0862. The lowest BCUT2D eigenvalue weighted by Crippen LogP contribution is -2.64. The highest BCUT2D eigenvalue weighted by molar-refractivity contribution is 5.10. The Hall–Kier alpha value is -0.0400. The summed E-state index contributed by atoms with van der Waals surface area (Å²) < 4.78 is 0. The fourth-order valence-corrected chi connectivity index (χ4v) is 3.05. The molecule has 0 aliphatic heterocycles. The molecular formula is C12H25N. The SMILES string of the molecule is CCC(C)C1(C)CC(C)(CC)C1N. The van der Waals surface area contributed by atoms with Crippen LogP contribution in [0, 0.1) is 16.7 Å². The van der Waals surface area contributed by atoms with E-state index in [4.69, 9.17) is 5.73 Å². The van der Waals surface area contributed by atoms with Crippen molar-refractivity contribution in [2.75, 3.05) is 0 Å². The molecule has 78 valence electrons. The Bertz CT molecular complexity index is 190. The van der Waals surface area contributed by atoms with E-state index >= 15 is 0 Å². The zero-order valence-electron chi connectivity index (χ0n) is 9.85. The van der Waals surface area contributed by atoms with Crippen molar-refractivity contribution in [3.05, 3.63) is 0 Å². The van der Waals surface area contributed by atoms with Gasteiger partial charge >= 0.3 is 0 Å². The summed E-state index contributed by atoms with van der Waals surface area (Å²) in [6, 6.07) is 0.403. The molecule has 0 saturated heterocycles. The predicted octanol–water partition coefficient (Wildman–Crippen LogP) is 3.19. The van der Waals surface area contributed by atoms with Gasteiger partial charge in [0.05, 0.1) is 0 Å². The van der Waals surface area contributed by atoms with Gasteiger partial charge in [-0.25, -0.2) is 0 Å². The first kappa shape index (κ1) is 11.0. The highest BCUT2D eigenvalue weighted by Crippen LogP contribution is 2.58. The van der Waals surface area contributed by atoms with Crippen LogP contribution < -0.4 is 5.73 Å². The molecule has 0 radical (unpaired) electrons. The second-order valence-electron chi connectivity index (χ2n) is 5.48. The predicted molar refractivity (Wildman–Crippen MR) is 58.6 cm³/mol. The standard InChI is InChI=1S/C12H25N/c1-6-9(3)12(5)8-11(4,7-2)10(12)13/h9-10H,6-8,13H2,1-5H3. The van der Waals surface area contributed by atoms with Gasteiger partial charge in [0.1, 0.15) is 0 Å². The molecule has 4 unspecified atom stereocenters. The molecule has 0 aromatic rings. The van der Waals surface area contributed by atoms with E-state index in [0.717, 1.165) is 5.92 Å². The van der Waals surface area contributed by atoms with Gasteiger partial charge in [0.2, 0.25) is 0 Å². The van der Waals surface area contributed by atoms with E-state index < -0.39 is 0 Å². The summed E-state index contributed by atoms with van der Waals surface area (Å²) in [5.74, 6) is 0.766. The minimum Gasteiger partial charge on any atom is -0.327 e. The molecule has 4 atom stereocenters. The Kier molecular flexibility index (Phi) is 2.78. The maximum absolute atomic E-state index is 6.32. The second-order valence-corrected chi connectivity index (χ2v) is 5.48. The molecule has 0 heterocycles. The lowest BCUT2D eigenvalue weighted by Gasteiger charge is -2.61. The Morgan fingerprint density at radius 1 is 1.38 bits per heavy atom. The van der Waals surface area contributed by atoms with Crippen LogP contribution in [-0.4, -0.2) is 6.04 Å². The van der Waals surface area contributed by atoms with Gasteiger partial charge in [-0.3, -0.25) is 0 Å². The van der Waals surface area contributed by atoms with Crippen LogP contribution in [0.3, 0.4) is 0 Å². The van der Waals surface area contributed by atoms with Crippen LogP contribution in [-0.2, 0) is 0 Å². The fraction of sp³-hybridized carbons (Fsp3) is 1.00. The lowest BCUT2D eigenvalue weighted by atomic mass is 9.46. The Morgan fingerprint density at radius 3 is 2.23 bits per heavy atom. The van der Waals surface area contributed by atoms with Gasteiger partial charge < -0.3 is 5.73 Å². The zero-order valence-corrected chi connectivity index (χ0v) is 9.85. The Labute approximate surface area is 83.1 Å². The van der Waals surface area contributed by atoms with E-state index in [-0.39, 0.29) is 0 Å². The number of nitrogens with two attached hydrogens (primary N) is 1. The summed E-state index contributed by atoms with van der Waals surface area (Å²) >= 11 is 0. The summed E-state index contributed by atoms with van der Waals surface area (Å²) in [7, 11) is 0. The number of hydrogen-bond acceptors (Lipinski definition) is 1. The maximum Gasteiger partial charge on any atom is 0.0150 e. The highest BCUT2D eigenvalue weighted by Gasteiger charge is 2.56. The quantitative estimate of drug-likeness (QED) is 0.714. The van der Waals surface area contributed by atoms with Crippen molar-refractivity contribution in [2.45, 2.75) is 59.9 Å². The van der Waals surface area contributed by atoms with Crippen molar-refractivity contribution in [3.8, 4) is 0 Å². The van der Waals surface area contributed by atoms with Gasteiger partial charge in [0.15, 0.2) is 0 Å². The second kappa shape index (κ2) is 3.27. The molecule has 1 aliphatic carbocycles. The molecule has 13 heavy (non-hydrogen) atoms. The first-order valence-corrected chi connectivity index (χ1v) is 5.66. The molecule has 0 aromatic heterocycles. The van der Waals surface area contributed by atoms with E-state index in [1.807, 2.05) is 0 Å².